The third kappa shape index (κ3) is 4.50. The van der Waals surface area contributed by atoms with Gasteiger partial charge >= 0.3 is 0 Å². The fraction of sp³-hybridized carbons (Fsp3) is 0.263. The molecule has 0 aliphatic carbocycles. The lowest BCUT2D eigenvalue weighted by Crippen LogP contribution is -2.23. The van der Waals surface area contributed by atoms with Crippen LogP contribution in [0.1, 0.15) is 15.9 Å². The Bertz CT molecular complexity index is 755. The summed E-state index contributed by atoms with van der Waals surface area (Å²) in [5.41, 5.74) is 1.90. The minimum atomic E-state index is -0.298. The molecule has 1 N–H and O–H groups in total. The molecular formula is C19H22N2O4. The summed E-state index contributed by atoms with van der Waals surface area (Å²) >= 11 is 0. The first-order chi connectivity index (χ1) is 12.0. The van der Waals surface area contributed by atoms with Gasteiger partial charge in [-0.3, -0.25) is 9.59 Å². The smallest absolute Gasteiger partial charge is 0.259 e. The number of nitrogens with zero attached hydrogens (tertiary/aromatic N) is 1. The maximum Gasteiger partial charge on any atom is 0.259 e. The predicted molar refractivity (Wildman–Crippen MR) is 96.3 cm³/mol. The molecule has 25 heavy (non-hydrogen) atoms. The highest BCUT2D eigenvalue weighted by molar-refractivity contribution is 6.06. The molecule has 2 aromatic carbocycles. The number of rotatable bonds is 6. The Morgan fingerprint density at radius 1 is 1.00 bits per heavy atom. The van der Waals surface area contributed by atoms with Crippen LogP contribution in [0, 0.1) is 0 Å². The van der Waals surface area contributed by atoms with Crippen LogP contribution in [0.4, 0.5) is 5.69 Å². The average molecular weight is 342 g/mol. The van der Waals surface area contributed by atoms with Crippen molar-refractivity contribution < 1.29 is 19.1 Å². The van der Waals surface area contributed by atoms with E-state index < -0.39 is 0 Å². The van der Waals surface area contributed by atoms with Crippen molar-refractivity contribution in [3.05, 3.63) is 53.6 Å². The van der Waals surface area contributed by atoms with Crippen molar-refractivity contribution in [3.63, 3.8) is 0 Å². The maximum absolute atomic E-state index is 12.5. The second-order valence-electron chi connectivity index (χ2n) is 5.66. The quantitative estimate of drug-likeness (QED) is 0.876. The summed E-state index contributed by atoms with van der Waals surface area (Å²) in [6.07, 6.45) is 0.324. The Hall–Kier alpha value is -3.02. The van der Waals surface area contributed by atoms with Crippen LogP contribution in [0.25, 0.3) is 0 Å². The maximum atomic E-state index is 12.5. The standard InChI is InChI=1S/C19H22N2O4/c1-21(2)17(22)12-13-8-10-14(11-9-13)20-19(23)15-6-5-7-16(24-3)18(15)25-4/h5-11H,12H2,1-4H3,(H,20,23). The van der Waals surface area contributed by atoms with Gasteiger partial charge in [0.2, 0.25) is 5.91 Å². The Kier molecular flexibility index (Phi) is 6.00. The zero-order chi connectivity index (χ0) is 18.4. The molecule has 0 aliphatic heterocycles. The van der Waals surface area contributed by atoms with Gasteiger partial charge in [0.25, 0.3) is 5.91 Å². The number of methoxy groups -OCH3 is 2. The van der Waals surface area contributed by atoms with E-state index in [0.717, 1.165) is 5.56 Å². The molecule has 0 unspecified atom stereocenters. The van der Waals surface area contributed by atoms with E-state index in [-0.39, 0.29) is 11.8 Å². The average Bonchev–Trinajstić information content (AvgIpc) is 2.62. The third-order valence-corrected chi connectivity index (χ3v) is 3.71. The number of nitrogens with one attached hydrogen (secondary N) is 1. The molecule has 0 aliphatic rings. The fourth-order valence-electron chi connectivity index (χ4n) is 2.30. The van der Waals surface area contributed by atoms with E-state index in [2.05, 4.69) is 5.32 Å². The molecule has 0 heterocycles. The number of hydrogen-bond acceptors (Lipinski definition) is 4. The van der Waals surface area contributed by atoms with Crippen LogP contribution in [0.15, 0.2) is 42.5 Å². The van der Waals surface area contributed by atoms with E-state index in [4.69, 9.17) is 9.47 Å². The summed E-state index contributed by atoms with van der Waals surface area (Å²) in [4.78, 5) is 25.8. The summed E-state index contributed by atoms with van der Waals surface area (Å²) < 4.78 is 10.5. The molecule has 2 amide bonds. The van der Waals surface area contributed by atoms with E-state index in [9.17, 15) is 9.59 Å². The zero-order valence-corrected chi connectivity index (χ0v) is 14.8. The Balaban J connectivity index is 2.12. The van der Waals surface area contributed by atoms with Gasteiger partial charge < -0.3 is 19.7 Å². The van der Waals surface area contributed by atoms with Gasteiger partial charge in [-0.05, 0) is 29.8 Å². The normalized spacial score (nSPS) is 10.1. The molecule has 132 valence electrons. The lowest BCUT2D eigenvalue weighted by molar-refractivity contribution is -0.127. The molecule has 2 aromatic rings. The highest BCUT2D eigenvalue weighted by Gasteiger charge is 2.16. The number of benzene rings is 2. The van der Waals surface area contributed by atoms with Crippen LogP contribution >= 0.6 is 0 Å². The molecule has 0 fully saturated rings. The third-order valence-electron chi connectivity index (χ3n) is 3.71. The highest BCUT2D eigenvalue weighted by Crippen LogP contribution is 2.31. The SMILES string of the molecule is COc1cccc(C(=O)Nc2ccc(CC(=O)N(C)C)cc2)c1OC. The minimum absolute atomic E-state index is 0.0258. The van der Waals surface area contributed by atoms with Gasteiger partial charge in [0, 0.05) is 19.8 Å². The Morgan fingerprint density at radius 3 is 2.24 bits per heavy atom. The van der Waals surface area contributed by atoms with E-state index in [1.807, 2.05) is 12.1 Å². The molecule has 6 nitrogen and oxygen atoms in total. The monoisotopic (exact) mass is 342 g/mol. The Labute approximate surface area is 147 Å². The minimum Gasteiger partial charge on any atom is -0.493 e. The van der Waals surface area contributed by atoms with Crippen molar-refractivity contribution in [1.82, 2.24) is 4.90 Å². The van der Waals surface area contributed by atoms with Crippen LogP contribution in [0.5, 0.6) is 11.5 Å². The molecule has 0 saturated heterocycles. The summed E-state index contributed by atoms with van der Waals surface area (Å²) in [5.74, 6) is 0.606. The van der Waals surface area contributed by atoms with Crippen molar-refractivity contribution in [3.8, 4) is 11.5 Å². The largest absolute Gasteiger partial charge is 0.493 e. The predicted octanol–water partition coefficient (Wildman–Crippen LogP) is 2.59. The molecule has 0 radical (unpaired) electrons. The second-order valence-corrected chi connectivity index (χ2v) is 5.66. The first-order valence-electron chi connectivity index (χ1n) is 7.77. The van der Waals surface area contributed by atoms with Crippen molar-refractivity contribution in [2.75, 3.05) is 33.6 Å². The topological polar surface area (TPSA) is 67.9 Å². The highest BCUT2D eigenvalue weighted by atomic mass is 16.5. The van der Waals surface area contributed by atoms with Gasteiger partial charge in [-0.15, -0.1) is 0 Å². The van der Waals surface area contributed by atoms with Gasteiger partial charge in [-0.2, -0.15) is 0 Å². The van der Waals surface area contributed by atoms with Gasteiger partial charge in [0.15, 0.2) is 11.5 Å². The number of ether oxygens (including phenoxy) is 2. The number of amides is 2. The molecular weight excluding hydrogens is 320 g/mol. The van der Waals surface area contributed by atoms with Crippen LogP contribution in [0.2, 0.25) is 0 Å². The molecule has 0 bridgehead atoms. The first-order valence-corrected chi connectivity index (χ1v) is 7.77. The number of hydrogen-bond donors (Lipinski definition) is 1. The van der Waals surface area contributed by atoms with E-state index >= 15 is 0 Å². The van der Waals surface area contributed by atoms with Crippen molar-refractivity contribution in [1.29, 1.82) is 0 Å². The summed E-state index contributed by atoms with van der Waals surface area (Å²) in [6.45, 7) is 0. The number of carbonyl (C=O) groups is 2. The lowest BCUT2D eigenvalue weighted by Gasteiger charge is -2.13. The fourth-order valence-corrected chi connectivity index (χ4v) is 2.30. The van der Waals surface area contributed by atoms with Gasteiger partial charge in [0.1, 0.15) is 0 Å². The number of carbonyl (C=O) groups excluding carboxylic acids is 2. The Morgan fingerprint density at radius 2 is 1.68 bits per heavy atom. The van der Waals surface area contributed by atoms with Crippen LogP contribution < -0.4 is 14.8 Å². The van der Waals surface area contributed by atoms with Gasteiger partial charge in [0.05, 0.1) is 26.2 Å². The first kappa shape index (κ1) is 18.3. The molecule has 6 heteroatoms. The van der Waals surface area contributed by atoms with Crippen LogP contribution in [0.3, 0.4) is 0 Å². The van der Waals surface area contributed by atoms with E-state index in [0.29, 0.717) is 29.2 Å². The van der Waals surface area contributed by atoms with Gasteiger partial charge in [-0.25, -0.2) is 0 Å². The van der Waals surface area contributed by atoms with Crippen molar-refractivity contribution in [2.24, 2.45) is 0 Å². The molecule has 0 atom stereocenters. The molecule has 2 rings (SSSR count). The lowest BCUT2D eigenvalue weighted by atomic mass is 10.1. The number of likely N-dealkylation sites (N-methyl/N-ethyl adjacent to an activating group) is 1. The summed E-state index contributed by atoms with van der Waals surface area (Å²) in [5, 5.41) is 2.82. The van der Waals surface area contributed by atoms with Crippen molar-refractivity contribution >= 4 is 17.5 Å². The number of para-hydroxylation sites is 1. The second kappa shape index (κ2) is 8.19. The van der Waals surface area contributed by atoms with Crippen molar-refractivity contribution in [2.45, 2.75) is 6.42 Å². The van der Waals surface area contributed by atoms with E-state index in [1.54, 1.807) is 49.3 Å². The van der Waals surface area contributed by atoms with E-state index in [1.165, 1.54) is 14.2 Å². The molecule has 0 spiro atoms. The van der Waals surface area contributed by atoms with Gasteiger partial charge in [-0.1, -0.05) is 18.2 Å². The zero-order valence-electron chi connectivity index (χ0n) is 14.8. The van der Waals surface area contributed by atoms with Crippen LogP contribution in [-0.2, 0) is 11.2 Å². The summed E-state index contributed by atoms with van der Waals surface area (Å²) in [6, 6.07) is 12.3. The summed E-state index contributed by atoms with van der Waals surface area (Å²) in [7, 11) is 6.45. The molecule has 0 aromatic heterocycles. The number of anilines is 1. The van der Waals surface area contributed by atoms with Crippen LogP contribution in [-0.4, -0.2) is 45.0 Å². The molecule has 0 saturated carbocycles.